The Balaban J connectivity index is 2.47. The van der Waals surface area contributed by atoms with E-state index in [9.17, 15) is 13.2 Å². The van der Waals surface area contributed by atoms with E-state index in [0.717, 1.165) is 0 Å². The molecule has 0 heterocycles. The first kappa shape index (κ1) is 11.6. The third-order valence-corrected chi connectivity index (χ3v) is 5.42. The molecule has 1 aliphatic rings. The quantitative estimate of drug-likeness (QED) is 0.817. The highest BCUT2D eigenvalue weighted by Gasteiger charge is 2.37. The van der Waals surface area contributed by atoms with E-state index in [2.05, 4.69) is 0 Å². The minimum Gasteiger partial charge on any atom is -0.298 e. The number of ketones is 1. The maximum atomic E-state index is 12.2. The lowest BCUT2D eigenvalue weighted by Gasteiger charge is -2.11. The lowest BCUT2D eigenvalue weighted by molar-refractivity contribution is -0.117. The van der Waals surface area contributed by atoms with E-state index in [4.69, 9.17) is 11.6 Å². The summed E-state index contributed by atoms with van der Waals surface area (Å²) < 4.78 is 24.3. The third kappa shape index (κ3) is 1.87. The summed E-state index contributed by atoms with van der Waals surface area (Å²) in [5, 5.41) is -0.713. The van der Waals surface area contributed by atoms with Crippen molar-refractivity contribution in [1.82, 2.24) is 0 Å². The highest BCUT2D eigenvalue weighted by Crippen LogP contribution is 2.30. The molecule has 3 nitrogen and oxygen atoms in total. The van der Waals surface area contributed by atoms with Crippen LogP contribution in [0.25, 0.3) is 0 Å². The predicted octanol–water partition coefficient (Wildman–Crippen LogP) is 2.24. The van der Waals surface area contributed by atoms with Gasteiger partial charge in [0.2, 0.25) is 0 Å². The van der Waals surface area contributed by atoms with Crippen LogP contribution in [-0.4, -0.2) is 19.5 Å². The van der Waals surface area contributed by atoms with Gasteiger partial charge in [-0.15, -0.1) is 0 Å². The first-order chi connectivity index (χ1) is 7.53. The van der Waals surface area contributed by atoms with Crippen molar-refractivity contribution in [2.24, 2.45) is 0 Å². The summed E-state index contributed by atoms with van der Waals surface area (Å²) in [5.74, 6) is -0.195. The average molecular weight is 259 g/mol. The molecule has 1 fully saturated rings. The van der Waals surface area contributed by atoms with E-state index in [1.807, 2.05) is 0 Å². The number of sulfone groups is 1. The summed E-state index contributed by atoms with van der Waals surface area (Å²) in [5.41, 5.74) is 0. The minimum atomic E-state index is -3.60. The fourth-order valence-electron chi connectivity index (χ4n) is 1.94. The Hall–Kier alpha value is -0.870. The molecule has 16 heavy (non-hydrogen) atoms. The van der Waals surface area contributed by atoms with Crippen molar-refractivity contribution in [3.05, 3.63) is 29.3 Å². The zero-order valence-electron chi connectivity index (χ0n) is 8.52. The van der Waals surface area contributed by atoms with Crippen LogP contribution in [0.2, 0.25) is 5.02 Å². The van der Waals surface area contributed by atoms with Gasteiger partial charge in [-0.05, 0) is 25.0 Å². The summed E-state index contributed by atoms with van der Waals surface area (Å²) in [4.78, 5) is 11.5. The number of rotatable bonds is 2. The van der Waals surface area contributed by atoms with Gasteiger partial charge in [0.15, 0.2) is 15.6 Å². The molecule has 0 amide bonds. The highest BCUT2D eigenvalue weighted by molar-refractivity contribution is 7.93. The second-order valence-corrected chi connectivity index (χ2v) is 6.33. The molecule has 1 saturated carbocycles. The molecule has 1 aromatic rings. The number of hydrogen-bond acceptors (Lipinski definition) is 3. The summed E-state index contributed by atoms with van der Waals surface area (Å²) in [6.45, 7) is 0. The van der Waals surface area contributed by atoms with Gasteiger partial charge in [-0.3, -0.25) is 4.79 Å². The fraction of sp³-hybridized carbons (Fsp3) is 0.364. The van der Waals surface area contributed by atoms with Crippen LogP contribution >= 0.6 is 11.6 Å². The van der Waals surface area contributed by atoms with E-state index in [1.54, 1.807) is 12.1 Å². The normalized spacial score (nSPS) is 21.3. The van der Waals surface area contributed by atoms with Gasteiger partial charge in [0.1, 0.15) is 5.25 Å². The first-order valence-electron chi connectivity index (χ1n) is 5.04. The van der Waals surface area contributed by atoms with E-state index in [-0.39, 0.29) is 15.7 Å². The summed E-state index contributed by atoms with van der Waals surface area (Å²) >= 11 is 5.84. The van der Waals surface area contributed by atoms with Gasteiger partial charge in [0.05, 0.1) is 9.92 Å². The Morgan fingerprint density at radius 1 is 1.25 bits per heavy atom. The molecule has 1 aliphatic carbocycles. The summed E-state index contributed by atoms with van der Waals surface area (Å²) in [7, 11) is -3.60. The van der Waals surface area contributed by atoms with Gasteiger partial charge < -0.3 is 0 Å². The lowest BCUT2D eigenvalue weighted by Crippen LogP contribution is -2.25. The molecule has 0 saturated heterocycles. The van der Waals surface area contributed by atoms with Gasteiger partial charge in [0, 0.05) is 6.42 Å². The predicted molar refractivity (Wildman–Crippen MR) is 61.3 cm³/mol. The number of hydrogen-bond donors (Lipinski definition) is 0. The molecular formula is C11H11ClO3S. The molecule has 86 valence electrons. The van der Waals surface area contributed by atoms with Crippen LogP contribution < -0.4 is 0 Å². The van der Waals surface area contributed by atoms with Crippen LogP contribution in [0.15, 0.2) is 29.2 Å². The second-order valence-electron chi connectivity index (χ2n) is 3.82. The topological polar surface area (TPSA) is 51.2 Å². The largest absolute Gasteiger partial charge is 0.298 e. The smallest absolute Gasteiger partial charge is 0.189 e. The Morgan fingerprint density at radius 3 is 2.50 bits per heavy atom. The Kier molecular flexibility index (Phi) is 3.04. The van der Waals surface area contributed by atoms with Gasteiger partial charge in [-0.2, -0.15) is 0 Å². The van der Waals surface area contributed by atoms with Crippen LogP contribution in [0.1, 0.15) is 19.3 Å². The van der Waals surface area contributed by atoms with Gasteiger partial charge in [-0.25, -0.2) is 8.42 Å². The van der Waals surface area contributed by atoms with Crippen LogP contribution in [-0.2, 0) is 14.6 Å². The number of benzene rings is 1. The van der Waals surface area contributed by atoms with E-state index in [0.29, 0.717) is 19.3 Å². The number of carbonyl (C=O) groups excluding carboxylic acids is 1. The third-order valence-electron chi connectivity index (χ3n) is 2.77. The molecule has 2 rings (SSSR count). The Bertz CT molecular complexity index is 522. The van der Waals surface area contributed by atoms with E-state index < -0.39 is 15.1 Å². The zero-order chi connectivity index (χ0) is 11.8. The molecule has 1 aromatic carbocycles. The fourth-order valence-corrected chi connectivity index (χ4v) is 4.25. The van der Waals surface area contributed by atoms with Crippen molar-refractivity contribution in [2.45, 2.75) is 29.4 Å². The molecule has 0 spiro atoms. The van der Waals surface area contributed by atoms with Crippen molar-refractivity contribution in [2.75, 3.05) is 0 Å². The molecular weight excluding hydrogens is 248 g/mol. The molecule has 0 N–H and O–H groups in total. The van der Waals surface area contributed by atoms with Crippen molar-refractivity contribution in [3.8, 4) is 0 Å². The van der Waals surface area contributed by atoms with Crippen LogP contribution in [0.5, 0.6) is 0 Å². The van der Waals surface area contributed by atoms with Crippen LogP contribution in [0, 0.1) is 0 Å². The summed E-state index contributed by atoms with van der Waals surface area (Å²) in [6.07, 6.45) is 1.41. The van der Waals surface area contributed by atoms with Gasteiger partial charge in [-0.1, -0.05) is 23.7 Å². The van der Waals surface area contributed by atoms with Crippen LogP contribution in [0.4, 0.5) is 0 Å². The second kappa shape index (κ2) is 4.18. The van der Waals surface area contributed by atoms with Crippen molar-refractivity contribution >= 4 is 27.2 Å². The van der Waals surface area contributed by atoms with E-state index >= 15 is 0 Å². The molecule has 0 aliphatic heterocycles. The molecule has 0 radical (unpaired) electrons. The number of Topliss-reactive ketones (excluding diaryl/α,β-unsaturated/α-hetero) is 1. The maximum Gasteiger partial charge on any atom is 0.189 e. The first-order valence-corrected chi connectivity index (χ1v) is 6.97. The Morgan fingerprint density at radius 2 is 1.94 bits per heavy atom. The van der Waals surface area contributed by atoms with E-state index in [1.165, 1.54) is 12.1 Å². The SMILES string of the molecule is O=C1CCCC1S(=O)(=O)c1ccccc1Cl. The zero-order valence-corrected chi connectivity index (χ0v) is 10.1. The number of carbonyl (C=O) groups is 1. The molecule has 1 atom stereocenters. The van der Waals surface area contributed by atoms with Gasteiger partial charge >= 0.3 is 0 Å². The maximum absolute atomic E-state index is 12.2. The average Bonchev–Trinajstić information content (AvgIpc) is 2.65. The molecule has 0 aromatic heterocycles. The minimum absolute atomic E-state index is 0.0666. The molecule has 0 bridgehead atoms. The summed E-state index contributed by atoms with van der Waals surface area (Å²) in [6, 6.07) is 6.24. The molecule has 5 heteroatoms. The number of halogens is 1. The standard InChI is InChI=1S/C11H11ClO3S/c12-8-4-1-2-6-10(8)16(14,15)11-7-3-5-9(11)13/h1-2,4,6,11H,3,5,7H2. The van der Waals surface area contributed by atoms with Crippen molar-refractivity contribution in [1.29, 1.82) is 0 Å². The highest BCUT2D eigenvalue weighted by atomic mass is 35.5. The lowest BCUT2D eigenvalue weighted by atomic mass is 10.3. The Labute approximate surface area is 99.3 Å². The monoisotopic (exact) mass is 258 g/mol. The molecule has 1 unspecified atom stereocenters. The van der Waals surface area contributed by atoms with Crippen LogP contribution in [0.3, 0.4) is 0 Å². The van der Waals surface area contributed by atoms with Gasteiger partial charge in [0.25, 0.3) is 0 Å². The van der Waals surface area contributed by atoms with Crippen molar-refractivity contribution < 1.29 is 13.2 Å². The van der Waals surface area contributed by atoms with Crippen molar-refractivity contribution in [3.63, 3.8) is 0 Å².